The molecule has 2 heterocycles. The largest absolute Gasteiger partial charge is 0.481 e. The summed E-state index contributed by atoms with van der Waals surface area (Å²) in [6.45, 7) is 10.9. The Bertz CT molecular complexity index is 1200. The SMILES string of the molecule is [C-]#[N+]C1(c2cc3c(N[C@H](C)c4cccc(C(F)F)c4F)nc(C)nc3nc2OC)CC1. The number of hydrogen-bond donors (Lipinski definition) is 1. The van der Waals surface area contributed by atoms with E-state index in [4.69, 9.17) is 11.3 Å². The van der Waals surface area contributed by atoms with Gasteiger partial charge in [-0.05, 0) is 19.9 Å². The summed E-state index contributed by atoms with van der Waals surface area (Å²) in [6.07, 6.45) is -1.49. The Morgan fingerprint density at radius 1 is 1.19 bits per heavy atom. The third kappa shape index (κ3) is 3.63. The molecule has 0 aliphatic heterocycles. The van der Waals surface area contributed by atoms with E-state index >= 15 is 0 Å². The second kappa shape index (κ2) is 7.69. The van der Waals surface area contributed by atoms with Crippen molar-refractivity contribution in [3.63, 3.8) is 0 Å². The van der Waals surface area contributed by atoms with E-state index in [0.29, 0.717) is 47.0 Å². The summed E-state index contributed by atoms with van der Waals surface area (Å²) in [4.78, 5) is 17.0. The van der Waals surface area contributed by atoms with Gasteiger partial charge in [-0.25, -0.2) is 29.7 Å². The van der Waals surface area contributed by atoms with Crippen LogP contribution in [0.15, 0.2) is 24.3 Å². The number of nitrogens with zero attached hydrogens (tertiary/aromatic N) is 4. The van der Waals surface area contributed by atoms with Crippen LogP contribution < -0.4 is 10.1 Å². The van der Waals surface area contributed by atoms with Crippen molar-refractivity contribution in [2.45, 2.75) is 44.7 Å². The molecule has 0 amide bonds. The number of fused-ring (bicyclic) bond motifs is 1. The minimum atomic E-state index is -2.91. The number of aromatic nitrogens is 3. The molecule has 31 heavy (non-hydrogen) atoms. The molecule has 2 aromatic heterocycles. The van der Waals surface area contributed by atoms with E-state index in [0.717, 1.165) is 6.07 Å². The lowest BCUT2D eigenvalue weighted by Crippen LogP contribution is -2.13. The van der Waals surface area contributed by atoms with Gasteiger partial charge in [-0.2, -0.15) is 4.98 Å². The zero-order valence-corrected chi connectivity index (χ0v) is 17.2. The van der Waals surface area contributed by atoms with E-state index in [1.54, 1.807) is 19.9 Å². The highest BCUT2D eigenvalue weighted by atomic mass is 19.3. The van der Waals surface area contributed by atoms with Gasteiger partial charge < -0.3 is 14.9 Å². The monoisotopic (exact) mass is 427 g/mol. The number of anilines is 1. The normalized spacial score (nSPS) is 15.5. The number of nitrogens with one attached hydrogen (secondary N) is 1. The molecule has 160 valence electrons. The average molecular weight is 427 g/mol. The lowest BCUT2D eigenvalue weighted by molar-refractivity contribution is 0.146. The van der Waals surface area contributed by atoms with Crippen LogP contribution in [0.4, 0.5) is 19.0 Å². The Labute approximate surface area is 177 Å². The summed E-state index contributed by atoms with van der Waals surface area (Å²) < 4.78 is 46.2. The number of rotatable bonds is 6. The van der Waals surface area contributed by atoms with Gasteiger partial charge in [0.05, 0.1) is 29.7 Å². The molecule has 0 bridgehead atoms. The lowest BCUT2D eigenvalue weighted by atomic mass is 10.0. The van der Waals surface area contributed by atoms with Crippen molar-refractivity contribution in [1.29, 1.82) is 0 Å². The molecule has 9 heteroatoms. The number of methoxy groups -OCH3 is 1. The van der Waals surface area contributed by atoms with E-state index in [1.165, 1.54) is 19.2 Å². The van der Waals surface area contributed by atoms with Crippen LogP contribution in [0.5, 0.6) is 5.88 Å². The van der Waals surface area contributed by atoms with Gasteiger partial charge in [0.15, 0.2) is 5.65 Å². The third-order valence-corrected chi connectivity index (χ3v) is 5.51. The fourth-order valence-corrected chi connectivity index (χ4v) is 3.66. The number of aryl methyl sites for hydroxylation is 1. The molecule has 3 aromatic rings. The fourth-order valence-electron chi connectivity index (χ4n) is 3.66. The van der Waals surface area contributed by atoms with Crippen LogP contribution in [-0.4, -0.2) is 22.1 Å². The first-order chi connectivity index (χ1) is 14.8. The first-order valence-corrected chi connectivity index (χ1v) is 9.75. The second-order valence-corrected chi connectivity index (χ2v) is 7.60. The molecule has 1 N–H and O–H groups in total. The Kier molecular flexibility index (Phi) is 5.17. The van der Waals surface area contributed by atoms with Crippen LogP contribution >= 0.6 is 0 Å². The summed E-state index contributed by atoms with van der Waals surface area (Å²) in [5.74, 6) is 0.207. The first-order valence-electron chi connectivity index (χ1n) is 9.75. The Hall–Kier alpha value is -3.41. The minimum Gasteiger partial charge on any atom is -0.481 e. The number of alkyl halides is 2. The van der Waals surface area contributed by atoms with Gasteiger partial charge in [-0.15, -0.1) is 0 Å². The zero-order chi connectivity index (χ0) is 22.3. The summed E-state index contributed by atoms with van der Waals surface area (Å²) in [6, 6.07) is 5.06. The molecule has 1 atom stereocenters. The van der Waals surface area contributed by atoms with E-state index in [1.807, 2.05) is 0 Å². The first kappa shape index (κ1) is 20.8. The molecule has 1 aliphatic carbocycles. The fraction of sp³-hybridized carbons (Fsp3) is 0.364. The van der Waals surface area contributed by atoms with Crippen LogP contribution in [0, 0.1) is 19.3 Å². The zero-order valence-electron chi connectivity index (χ0n) is 17.2. The molecule has 0 unspecified atom stereocenters. The summed E-state index contributed by atoms with van der Waals surface area (Å²) >= 11 is 0. The average Bonchev–Trinajstić information content (AvgIpc) is 3.53. The molecular formula is C22H20F3N5O. The molecule has 1 fully saturated rings. The summed E-state index contributed by atoms with van der Waals surface area (Å²) in [5.41, 5.74) is -0.185. The molecule has 1 aliphatic rings. The predicted octanol–water partition coefficient (Wildman–Crippen LogP) is 5.50. The van der Waals surface area contributed by atoms with Gasteiger partial charge in [0, 0.05) is 18.4 Å². The highest BCUT2D eigenvalue weighted by Crippen LogP contribution is 2.53. The maximum absolute atomic E-state index is 14.6. The van der Waals surface area contributed by atoms with Crippen molar-refractivity contribution in [3.05, 3.63) is 64.0 Å². The lowest BCUT2D eigenvalue weighted by Gasteiger charge is -2.19. The van der Waals surface area contributed by atoms with Crippen LogP contribution in [0.1, 0.15) is 54.7 Å². The maximum atomic E-state index is 14.6. The quantitative estimate of drug-likeness (QED) is 0.526. The Balaban J connectivity index is 1.80. The second-order valence-electron chi connectivity index (χ2n) is 7.60. The van der Waals surface area contributed by atoms with Gasteiger partial charge in [0.1, 0.15) is 17.5 Å². The van der Waals surface area contributed by atoms with Crippen molar-refractivity contribution in [3.8, 4) is 5.88 Å². The van der Waals surface area contributed by atoms with E-state index < -0.39 is 29.4 Å². The number of ether oxygens (including phenoxy) is 1. The summed E-state index contributed by atoms with van der Waals surface area (Å²) in [5, 5.41) is 3.66. The third-order valence-electron chi connectivity index (χ3n) is 5.51. The number of benzene rings is 1. The molecule has 1 saturated carbocycles. The van der Waals surface area contributed by atoms with E-state index in [-0.39, 0.29) is 5.56 Å². The van der Waals surface area contributed by atoms with Crippen LogP contribution in [0.3, 0.4) is 0 Å². The van der Waals surface area contributed by atoms with Gasteiger partial charge >= 0.3 is 0 Å². The molecular weight excluding hydrogens is 407 g/mol. The van der Waals surface area contributed by atoms with Gasteiger partial charge in [0.2, 0.25) is 5.88 Å². The van der Waals surface area contributed by atoms with E-state index in [2.05, 4.69) is 25.1 Å². The molecule has 4 rings (SSSR count). The van der Waals surface area contributed by atoms with Gasteiger partial charge in [-0.1, -0.05) is 18.2 Å². The molecule has 0 spiro atoms. The van der Waals surface area contributed by atoms with Gasteiger partial charge in [-0.3, -0.25) is 0 Å². The van der Waals surface area contributed by atoms with Crippen molar-refractivity contribution >= 4 is 16.9 Å². The molecule has 1 aromatic carbocycles. The molecule has 0 saturated heterocycles. The summed E-state index contributed by atoms with van der Waals surface area (Å²) in [7, 11) is 1.49. The van der Waals surface area contributed by atoms with Crippen LogP contribution in [0.2, 0.25) is 0 Å². The molecule has 6 nitrogen and oxygen atoms in total. The highest BCUT2D eigenvalue weighted by Gasteiger charge is 2.55. The van der Waals surface area contributed by atoms with Crippen molar-refractivity contribution in [1.82, 2.24) is 15.0 Å². The highest BCUT2D eigenvalue weighted by molar-refractivity contribution is 5.88. The number of halogens is 3. The Morgan fingerprint density at radius 3 is 2.52 bits per heavy atom. The van der Waals surface area contributed by atoms with Gasteiger partial charge in [0.25, 0.3) is 12.0 Å². The van der Waals surface area contributed by atoms with Crippen molar-refractivity contribution in [2.75, 3.05) is 12.4 Å². The number of pyridine rings is 1. The Morgan fingerprint density at radius 2 is 1.90 bits per heavy atom. The number of hydrogen-bond acceptors (Lipinski definition) is 5. The van der Waals surface area contributed by atoms with Crippen molar-refractivity contribution < 1.29 is 17.9 Å². The van der Waals surface area contributed by atoms with Crippen molar-refractivity contribution in [2.24, 2.45) is 0 Å². The molecule has 0 radical (unpaired) electrons. The van der Waals surface area contributed by atoms with Crippen LogP contribution in [-0.2, 0) is 5.54 Å². The minimum absolute atomic E-state index is 0.101. The smallest absolute Gasteiger partial charge is 0.266 e. The van der Waals surface area contributed by atoms with Crippen LogP contribution in [0.25, 0.3) is 15.9 Å². The van der Waals surface area contributed by atoms with E-state index in [9.17, 15) is 13.2 Å². The predicted molar refractivity (Wildman–Crippen MR) is 110 cm³/mol. The maximum Gasteiger partial charge on any atom is 0.266 e. The topological polar surface area (TPSA) is 64.3 Å². The standard InChI is InChI=1S/C22H20F3N5O/c1-11(13-6-5-7-14(17(13)23)18(24)25)27-19-15-10-16(22(26-3)8-9-22)21(31-4)30-20(15)29-12(2)28-19/h5-7,10-11,18H,8-9H2,1-2,4H3,(H,27,28,29,30)/t11-/m1/s1.